The highest BCUT2D eigenvalue weighted by Crippen LogP contribution is 2.12. The number of esters is 1. The Hall–Kier alpha value is -2.55. The highest BCUT2D eigenvalue weighted by atomic mass is 16.5. The van der Waals surface area contributed by atoms with Gasteiger partial charge < -0.3 is 10.1 Å². The molecule has 2 aromatic carbocycles. The van der Waals surface area contributed by atoms with Crippen molar-refractivity contribution in [1.82, 2.24) is 0 Å². The molecule has 0 atom stereocenters. The zero-order valence-corrected chi connectivity index (χ0v) is 13.7. The summed E-state index contributed by atoms with van der Waals surface area (Å²) in [7, 11) is 0. The van der Waals surface area contributed by atoms with Gasteiger partial charge >= 0.3 is 5.97 Å². The van der Waals surface area contributed by atoms with Gasteiger partial charge in [-0.05, 0) is 29.7 Å². The van der Waals surface area contributed by atoms with Crippen LogP contribution in [0.3, 0.4) is 0 Å². The Bertz CT molecular complexity index is 648. The Labute approximate surface area is 138 Å². The van der Waals surface area contributed by atoms with Crippen LogP contribution < -0.4 is 5.32 Å². The molecule has 0 heterocycles. The zero-order chi connectivity index (χ0) is 16.5. The highest BCUT2D eigenvalue weighted by Gasteiger charge is 2.08. The van der Waals surface area contributed by atoms with Gasteiger partial charge in [-0.2, -0.15) is 0 Å². The molecule has 0 unspecified atom stereocenters. The molecule has 23 heavy (non-hydrogen) atoms. The van der Waals surface area contributed by atoms with E-state index in [1.165, 1.54) is 5.56 Å². The molecule has 0 amide bonds. The summed E-state index contributed by atoms with van der Waals surface area (Å²) in [5.74, 6) is 0.0607. The number of hydrogen-bond acceptors (Lipinski definition) is 3. The standard InChI is InChI=1S/C20H23NO2/c1-16(2)15-23-20(22)18-11-6-12-19(14-18)21-13-7-10-17-8-4-3-5-9-17/h3-12,14,16,21H,13,15H2,1-2H3/b10-7+. The Balaban J connectivity index is 1.87. The number of anilines is 1. The minimum Gasteiger partial charge on any atom is -0.462 e. The van der Waals surface area contributed by atoms with E-state index in [2.05, 4.69) is 29.6 Å². The monoisotopic (exact) mass is 309 g/mol. The number of nitrogens with one attached hydrogen (secondary N) is 1. The van der Waals surface area contributed by atoms with Crippen molar-refractivity contribution in [3.8, 4) is 0 Å². The SMILES string of the molecule is CC(C)COC(=O)c1cccc(NC/C=C/c2ccccc2)c1. The van der Waals surface area contributed by atoms with Gasteiger partial charge in [0.25, 0.3) is 0 Å². The van der Waals surface area contributed by atoms with Gasteiger partial charge in [-0.15, -0.1) is 0 Å². The molecule has 1 N–H and O–H groups in total. The van der Waals surface area contributed by atoms with Crippen LogP contribution in [0.1, 0.15) is 29.8 Å². The van der Waals surface area contributed by atoms with E-state index in [4.69, 9.17) is 4.74 Å². The number of carbonyl (C=O) groups excluding carboxylic acids is 1. The number of rotatable bonds is 7. The van der Waals surface area contributed by atoms with Crippen LogP contribution in [0.4, 0.5) is 5.69 Å². The second kappa shape index (κ2) is 8.79. The van der Waals surface area contributed by atoms with E-state index in [1.54, 1.807) is 6.07 Å². The summed E-state index contributed by atoms with van der Waals surface area (Å²) < 4.78 is 5.25. The molecule has 0 aliphatic heterocycles. The number of carbonyl (C=O) groups is 1. The molecule has 0 saturated heterocycles. The molecular formula is C20H23NO2. The van der Waals surface area contributed by atoms with Crippen LogP contribution in [0.15, 0.2) is 60.7 Å². The van der Waals surface area contributed by atoms with Crippen LogP contribution in [0.5, 0.6) is 0 Å². The minimum absolute atomic E-state index is 0.276. The summed E-state index contributed by atoms with van der Waals surface area (Å²) >= 11 is 0. The molecule has 0 saturated carbocycles. The second-order valence-corrected chi connectivity index (χ2v) is 5.77. The van der Waals surface area contributed by atoms with Crippen LogP contribution in [-0.4, -0.2) is 19.1 Å². The first-order valence-electron chi connectivity index (χ1n) is 7.88. The molecular weight excluding hydrogens is 286 g/mol. The average Bonchev–Trinajstić information content (AvgIpc) is 2.58. The summed E-state index contributed by atoms with van der Waals surface area (Å²) in [6, 6.07) is 17.5. The lowest BCUT2D eigenvalue weighted by Crippen LogP contribution is -2.10. The number of ether oxygens (including phenoxy) is 1. The summed E-state index contributed by atoms with van der Waals surface area (Å²) in [5, 5.41) is 3.28. The Morgan fingerprint density at radius 3 is 2.65 bits per heavy atom. The molecule has 120 valence electrons. The first-order chi connectivity index (χ1) is 11.1. The van der Waals surface area contributed by atoms with Gasteiger partial charge in [-0.25, -0.2) is 4.79 Å². The molecule has 3 nitrogen and oxygen atoms in total. The first-order valence-corrected chi connectivity index (χ1v) is 7.88. The minimum atomic E-state index is -0.276. The van der Waals surface area contributed by atoms with Crippen molar-refractivity contribution in [1.29, 1.82) is 0 Å². The lowest BCUT2D eigenvalue weighted by Gasteiger charge is -2.09. The van der Waals surface area contributed by atoms with E-state index >= 15 is 0 Å². The maximum Gasteiger partial charge on any atom is 0.338 e. The molecule has 0 fully saturated rings. The molecule has 3 heteroatoms. The van der Waals surface area contributed by atoms with Crippen molar-refractivity contribution in [3.63, 3.8) is 0 Å². The van der Waals surface area contributed by atoms with Gasteiger partial charge in [0.05, 0.1) is 12.2 Å². The van der Waals surface area contributed by atoms with Crippen molar-refractivity contribution in [2.75, 3.05) is 18.5 Å². The van der Waals surface area contributed by atoms with E-state index < -0.39 is 0 Å². The van der Waals surface area contributed by atoms with E-state index in [0.29, 0.717) is 24.6 Å². The summed E-state index contributed by atoms with van der Waals surface area (Å²) in [4.78, 5) is 12.0. The van der Waals surface area contributed by atoms with Gasteiger partial charge in [0.15, 0.2) is 0 Å². The molecule has 0 aliphatic carbocycles. The molecule has 2 rings (SSSR count). The zero-order valence-electron chi connectivity index (χ0n) is 13.7. The predicted molar refractivity (Wildman–Crippen MR) is 95.5 cm³/mol. The summed E-state index contributed by atoms with van der Waals surface area (Å²) in [5.41, 5.74) is 2.64. The Kier molecular flexibility index (Phi) is 6.42. The van der Waals surface area contributed by atoms with Crippen molar-refractivity contribution in [2.45, 2.75) is 13.8 Å². The molecule has 2 aromatic rings. The fourth-order valence-electron chi connectivity index (χ4n) is 2.02. The average molecular weight is 309 g/mol. The van der Waals surface area contributed by atoms with Crippen LogP contribution in [0, 0.1) is 5.92 Å². The van der Waals surface area contributed by atoms with Crippen LogP contribution in [0.2, 0.25) is 0 Å². The molecule has 0 bridgehead atoms. The van der Waals surface area contributed by atoms with Gasteiger partial charge in [0, 0.05) is 12.2 Å². The van der Waals surface area contributed by atoms with Crippen molar-refractivity contribution in [2.24, 2.45) is 5.92 Å². The number of hydrogen-bond donors (Lipinski definition) is 1. The third-order valence-corrected chi connectivity index (χ3v) is 3.18. The fourth-order valence-corrected chi connectivity index (χ4v) is 2.02. The topological polar surface area (TPSA) is 38.3 Å². The molecule has 0 aromatic heterocycles. The largest absolute Gasteiger partial charge is 0.462 e. The number of benzene rings is 2. The normalized spacial score (nSPS) is 10.9. The predicted octanol–water partition coefficient (Wildman–Crippen LogP) is 4.62. The fraction of sp³-hybridized carbons (Fsp3) is 0.250. The smallest absolute Gasteiger partial charge is 0.338 e. The molecule has 0 spiro atoms. The van der Waals surface area contributed by atoms with Gasteiger partial charge in [0.2, 0.25) is 0 Å². The van der Waals surface area contributed by atoms with E-state index in [9.17, 15) is 4.79 Å². The van der Waals surface area contributed by atoms with E-state index in [0.717, 1.165) is 5.69 Å². The highest BCUT2D eigenvalue weighted by molar-refractivity contribution is 5.90. The van der Waals surface area contributed by atoms with Crippen molar-refractivity contribution < 1.29 is 9.53 Å². The molecule has 0 radical (unpaired) electrons. The maximum absolute atomic E-state index is 12.0. The third kappa shape index (κ3) is 5.99. The lowest BCUT2D eigenvalue weighted by molar-refractivity contribution is 0.0459. The summed E-state index contributed by atoms with van der Waals surface area (Å²) in [6.07, 6.45) is 4.12. The quantitative estimate of drug-likeness (QED) is 0.758. The lowest BCUT2D eigenvalue weighted by atomic mass is 10.2. The molecule has 0 aliphatic rings. The first kappa shape index (κ1) is 16.8. The van der Waals surface area contributed by atoms with E-state index in [-0.39, 0.29) is 5.97 Å². The van der Waals surface area contributed by atoms with Crippen LogP contribution in [0.25, 0.3) is 6.08 Å². The Morgan fingerprint density at radius 2 is 1.91 bits per heavy atom. The second-order valence-electron chi connectivity index (χ2n) is 5.77. The van der Waals surface area contributed by atoms with Gasteiger partial charge in [-0.1, -0.05) is 62.4 Å². The van der Waals surface area contributed by atoms with Crippen molar-refractivity contribution >= 4 is 17.7 Å². The van der Waals surface area contributed by atoms with Crippen LogP contribution >= 0.6 is 0 Å². The van der Waals surface area contributed by atoms with Gasteiger partial charge in [0.1, 0.15) is 0 Å². The Morgan fingerprint density at radius 1 is 1.13 bits per heavy atom. The van der Waals surface area contributed by atoms with Gasteiger partial charge in [-0.3, -0.25) is 0 Å². The van der Waals surface area contributed by atoms with E-state index in [1.807, 2.05) is 50.2 Å². The van der Waals surface area contributed by atoms with Crippen LogP contribution in [-0.2, 0) is 4.74 Å². The maximum atomic E-state index is 12.0. The summed E-state index contributed by atoms with van der Waals surface area (Å²) in [6.45, 7) is 5.17. The van der Waals surface area contributed by atoms with Crippen molar-refractivity contribution in [3.05, 3.63) is 71.8 Å². The third-order valence-electron chi connectivity index (χ3n) is 3.18.